The molecule has 1 rings (SSSR count). The van der Waals surface area contributed by atoms with Crippen LogP contribution in [0.25, 0.3) is 6.08 Å². The minimum atomic E-state index is 0.0175. The second-order valence-corrected chi connectivity index (χ2v) is 4.12. The Kier molecular flexibility index (Phi) is 5.69. The van der Waals surface area contributed by atoms with Gasteiger partial charge in [0.2, 0.25) is 5.91 Å². The zero-order valence-electron chi connectivity index (χ0n) is 10.4. The molecule has 0 unspecified atom stereocenters. The normalized spacial score (nSPS) is 10.8. The molecular formula is C12H17N3OS. The lowest BCUT2D eigenvalue weighted by Crippen LogP contribution is -2.28. The Morgan fingerprint density at radius 3 is 2.41 bits per heavy atom. The van der Waals surface area contributed by atoms with Gasteiger partial charge in [-0.25, -0.2) is 9.97 Å². The topological polar surface area (TPSA) is 46.1 Å². The van der Waals surface area contributed by atoms with Crippen LogP contribution >= 0.6 is 11.8 Å². The molecule has 0 N–H and O–H groups in total. The highest BCUT2D eigenvalue weighted by Crippen LogP contribution is 2.08. The van der Waals surface area contributed by atoms with Gasteiger partial charge in [0.25, 0.3) is 0 Å². The van der Waals surface area contributed by atoms with Crippen molar-refractivity contribution in [3.05, 3.63) is 24.0 Å². The van der Waals surface area contributed by atoms with Gasteiger partial charge in [0.15, 0.2) is 5.16 Å². The molecule has 0 fully saturated rings. The van der Waals surface area contributed by atoms with Gasteiger partial charge >= 0.3 is 0 Å². The number of carbonyl (C=O) groups is 1. The summed E-state index contributed by atoms with van der Waals surface area (Å²) in [5, 5.41) is 0.734. The van der Waals surface area contributed by atoms with Crippen LogP contribution in [0.15, 0.2) is 23.6 Å². The summed E-state index contributed by atoms with van der Waals surface area (Å²) in [6.45, 7) is 5.38. The molecule has 0 atom stereocenters. The summed E-state index contributed by atoms with van der Waals surface area (Å²) in [5.74, 6) is 0.0175. The van der Waals surface area contributed by atoms with Gasteiger partial charge in [-0.2, -0.15) is 0 Å². The molecule has 4 nitrogen and oxygen atoms in total. The highest BCUT2D eigenvalue weighted by molar-refractivity contribution is 7.98. The van der Waals surface area contributed by atoms with Crippen LogP contribution in [0.1, 0.15) is 19.4 Å². The van der Waals surface area contributed by atoms with Crippen molar-refractivity contribution in [2.24, 2.45) is 0 Å². The maximum absolute atomic E-state index is 11.7. The van der Waals surface area contributed by atoms with Crippen molar-refractivity contribution < 1.29 is 4.79 Å². The fourth-order valence-corrected chi connectivity index (χ4v) is 1.64. The first kappa shape index (κ1) is 13.7. The van der Waals surface area contributed by atoms with E-state index in [0.717, 1.165) is 23.8 Å². The van der Waals surface area contributed by atoms with Crippen molar-refractivity contribution in [1.82, 2.24) is 14.9 Å². The number of hydrogen-bond acceptors (Lipinski definition) is 4. The molecule has 17 heavy (non-hydrogen) atoms. The second kappa shape index (κ2) is 7.06. The molecule has 0 aliphatic carbocycles. The van der Waals surface area contributed by atoms with Crippen LogP contribution < -0.4 is 0 Å². The van der Waals surface area contributed by atoms with Crippen molar-refractivity contribution in [2.45, 2.75) is 19.0 Å². The number of thioether (sulfide) groups is 1. The lowest BCUT2D eigenvalue weighted by Gasteiger charge is -2.15. The molecule has 0 saturated carbocycles. The van der Waals surface area contributed by atoms with Gasteiger partial charge in [-0.3, -0.25) is 4.79 Å². The lowest BCUT2D eigenvalue weighted by atomic mass is 10.3. The third-order valence-corrected chi connectivity index (χ3v) is 2.90. The van der Waals surface area contributed by atoms with E-state index in [2.05, 4.69) is 9.97 Å². The van der Waals surface area contributed by atoms with Gasteiger partial charge in [0.1, 0.15) is 0 Å². The highest BCUT2D eigenvalue weighted by atomic mass is 32.2. The molecule has 0 aromatic carbocycles. The Morgan fingerprint density at radius 1 is 1.35 bits per heavy atom. The fraction of sp³-hybridized carbons (Fsp3) is 0.417. The monoisotopic (exact) mass is 251 g/mol. The van der Waals surface area contributed by atoms with E-state index in [0.29, 0.717) is 0 Å². The van der Waals surface area contributed by atoms with Crippen LogP contribution in [0.2, 0.25) is 0 Å². The third kappa shape index (κ3) is 4.19. The summed E-state index contributed by atoms with van der Waals surface area (Å²) >= 11 is 1.49. The smallest absolute Gasteiger partial charge is 0.246 e. The molecule has 92 valence electrons. The van der Waals surface area contributed by atoms with Gasteiger partial charge in [-0.1, -0.05) is 11.8 Å². The molecule has 0 saturated heterocycles. The number of carbonyl (C=O) groups excluding carboxylic acids is 1. The third-order valence-electron chi connectivity index (χ3n) is 2.32. The minimum Gasteiger partial charge on any atom is -0.340 e. The standard InChI is InChI=1S/C12H17N3OS/c1-4-15(5-2)11(16)7-6-10-8-13-12(17-3)14-9-10/h6-9H,4-5H2,1-3H3/b7-6+. The molecule has 1 aromatic rings. The first-order valence-corrected chi connectivity index (χ1v) is 6.76. The van der Waals surface area contributed by atoms with Crippen LogP contribution in [-0.4, -0.2) is 40.1 Å². The molecule has 1 amide bonds. The second-order valence-electron chi connectivity index (χ2n) is 3.35. The minimum absolute atomic E-state index is 0.0175. The van der Waals surface area contributed by atoms with E-state index in [-0.39, 0.29) is 5.91 Å². The maximum atomic E-state index is 11.7. The maximum Gasteiger partial charge on any atom is 0.246 e. The number of likely N-dealkylation sites (N-methyl/N-ethyl adjacent to an activating group) is 1. The Morgan fingerprint density at radius 2 is 1.94 bits per heavy atom. The molecule has 1 aromatic heterocycles. The predicted molar refractivity (Wildman–Crippen MR) is 70.8 cm³/mol. The quantitative estimate of drug-likeness (QED) is 0.456. The SMILES string of the molecule is CCN(CC)C(=O)/C=C/c1cnc(SC)nc1. The summed E-state index contributed by atoms with van der Waals surface area (Å²) in [6, 6.07) is 0. The number of amides is 1. The number of aromatic nitrogens is 2. The predicted octanol–water partition coefficient (Wildman–Crippen LogP) is 2.08. The van der Waals surface area contributed by atoms with E-state index < -0.39 is 0 Å². The first-order valence-electron chi connectivity index (χ1n) is 5.54. The number of nitrogens with zero attached hydrogens (tertiary/aromatic N) is 3. The molecule has 5 heteroatoms. The Labute approximate surface area is 106 Å². The molecule has 0 bridgehead atoms. The Bertz CT molecular complexity index is 385. The van der Waals surface area contributed by atoms with E-state index in [4.69, 9.17) is 0 Å². The summed E-state index contributed by atoms with van der Waals surface area (Å²) in [7, 11) is 0. The average molecular weight is 251 g/mol. The van der Waals surface area contributed by atoms with E-state index in [1.54, 1.807) is 29.4 Å². The van der Waals surface area contributed by atoms with Crippen molar-refractivity contribution in [3.8, 4) is 0 Å². The summed E-state index contributed by atoms with van der Waals surface area (Å²) in [6.07, 6.45) is 8.65. The molecule has 0 radical (unpaired) electrons. The van der Waals surface area contributed by atoms with Crippen LogP contribution in [0, 0.1) is 0 Å². The van der Waals surface area contributed by atoms with Crippen LogP contribution in [0.3, 0.4) is 0 Å². The lowest BCUT2D eigenvalue weighted by molar-refractivity contribution is -0.125. The summed E-state index contributed by atoms with van der Waals surface area (Å²) in [4.78, 5) is 21.7. The molecule has 0 spiro atoms. The van der Waals surface area contributed by atoms with Crippen molar-refractivity contribution in [1.29, 1.82) is 0 Å². The summed E-state index contributed by atoms with van der Waals surface area (Å²) < 4.78 is 0. The van der Waals surface area contributed by atoms with Crippen LogP contribution in [0.5, 0.6) is 0 Å². The molecule has 1 heterocycles. The van der Waals surface area contributed by atoms with E-state index in [9.17, 15) is 4.79 Å². The van der Waals surface area contributed by atoms with Crippen LogP contribution in [0.4, 0.5) is 0 Å². The van der Waals surface area contributed by atoms with E-state index in [1.165, 1.54) is 11.8 Å². The fourth-order valence-electron chi connectivity index (χ4n) is 1.33. The van der Waals surface area contributed by atoms with Gasteiger partial charge in [0, 0.05) is 37.1 Å². The number of hydrogen-bond donors (Lipinski definition) is 0. The van der Waals surface area contributed by atoms with E-state index in [1.807, 2.05) is 20.1 Å². The highest BCUT2D eigenvalue weighted by Gasteiger charge is 2.04. The molecule has 0 aliphatic rings. The molecule has 0 aliphatic heterocycles. The Hall–Kier alpha value is -1.36. The average Bonchev–Trinajstić information content (AvgIpc) is 2.38. The van der Waals surface area contributed by atoms with Gasteiger partial charge in [0.05, 0.1) is 0 Å². The van der Waals surface area contributed by atoms with Crippen molar-refractivity contribution >= 4 is 23.7 Å². The summed E-state index contributed by atoms with van der Waals surface area (Å²) in [5.41, 5.74) is 0.836. The first-order chi connectivity index (χ1) is 8.21. The largest absolute Gasteiger partial charge is 0.340 e. The van der Waals surface area contributed by atoms with Gasteiger partial charge in [-0.15, -0.1) is 0 Å². The van der Waals surface area contributed by atoms with Crippen molar-refractivity contribution in [2.75, 3.05) is 19.3 Å². The molecular weight excluding hydrogens is 234 g/mol. The van der Waals surface area contributed by atoms with Gasteiger partial charge in [-0.05, 0) is 26.2 Å². The van der Waals surface area contributed by atoms with Crippen molar-refractivity contribution in [3.63, 3.8) is 0 Å². The van der Waals surface area contributed by atoms with Gasteiger partial charge < -0.3 is 4.90 Å². The Balaban J connectivity index is 2.66. The zero-order valence-corrected chi connectivity index (χ0v) is 11.2. The van der Waals surface area contributed by atoms with E-state index >= 15 is 0 Å². The van der Waals surface area contributed by atoms with Crippen LogP contribution in [-0.2, 0) is 4.79 Å². The zero-order chi connectivity index (χ0) is 12.7. The number of rotatable bonds is 5.